The van der Waals surface area contributed by atoms with E-state index >= 15 is 0 Å². The molecule has 2 heterocycles. The summed E-state index contributed by atoms with van der Waals surface area (Å²) in [6, 6.07) is 7.21. The van der Waals surface area contributed by atoms with Gasteiger partial charge in [0.25, 0.3) is 0 Å². The fourth-order valence-corrected chi connectivity index (χ4v) is 4.70. The number of aliphatic imine (C=N–C) groups is 1. The Morgan fingerprint density at radius 3 is 2.57 bits per heavy atom. The molecule has 1 N–H and O–H groups in total. The van der Waals surface area contributed by atoms with Gasteiger partial charge in [0, 0.05) is 57.5 Å². The summed E-state index contributed by atoms with van der Waals surface area (Å²) < 4.78 is 42.0. The number of ether oxygens (including phenoxy) is 2. The van der Waals surface area contributed by atoms with Gasteiger partial charge < -0.3 is 24.2 Å². The van der Waals surface area contributed by atoms with E-state index in [2.05, 4.69) is 15.5 Å². The zero-order valence-electron chi connectivity index (χ0n) is 17.4. The molecule has 0 radical (unpaired) electrons. The molecule has 1 aromatic carbocycles. The predicted octanol–water partition coefficient (Wildman–Crippen LogP) is 0.915. The average molecular weight is 438 g/mol. The van der Waals surface area contributed by atoms with E-state index in [-0.39, 0.29) is 5.75 Å². The molecule has 1 aliphatic rings. The summed E-state index contributed by atoms with van der Waals surface area (Å²) in [5.74, 6) is 2.00. The summed E-state index contributed by atoms with van der Waals surface area (Å²) in [7, 11) is 1.50. The van der Waals surface area contributed by atoms with Gasteiger partial charge in [-0.1, -0.05) is 5.16 Å². The molecule has 1 saturated heterocycles. The monoisotopic (exact) mass is 437 g/mol. The first-order valence-corrected chi connectivity index (χ1v) is 11.1. The molecular formula is C19H27N5O5S. The van der Waals surface area contributed by atoms with E-state index in [9.17, 15) is 8.42 Å². The van der Waals surface area contributed by atoms with Crippen LogP contribution in [0.1, 0.15) is 11.3 Å². The highest BCUT2D eigenvalue weighted by atomic mass is 32.2. The molecule has 164 valence electrons. The van der Waals surface area contributed by atoms with Gasteiger partial charge in [0.15, 0.2) is 5.96 Å². The molecule has 0 bridgehead atoms. The Morgan fingerprint density at radius 1 is 1.20 bits per heavy atom. The molecular weight excluding hydrogens is 410 g/mol. The van der Waals surface area contributed by atoms with Crippen LogP contribution in [0.2, 0.25) is 0 Å². The second-order valence-corrected chi connectivity index (χ2v) is 8.68. The number of hydrogen-bond acceptors (Lipinski definition) is 7. The molecule has 30 heavy (non-hydrogen) atoms. The highest BCUT2D eigenvalue weighted by molar-refractivity contribution is 7.88. The van der Waals surface area contributed by atoms with Crippen molar-refractivity contribution in [1.82, 2.24) is 19.7 Å². The second kappa shape index (κ2) is 9.81. The Morgan fingerprint density at radius 2 is 1.97 bits per heavy atom. The summed E-state index contributed by atoms with van der Waals surface area (Å²) >= 11 is 0. The van der Waals surface area contributed by atoms with Crippen LogP contribution in [0.5, 0.6) is 11.5 Å². The highest BCUT2D eigenvalue weighted by Gasteiger charge is 2.29. The Balaban J connectivity index is 1.56. The van der Waals surface area contributed by atoms with Crippen molar-refractivity contribution < 1.29 is 22.4 Å². The Labute approximate surface area is 176 Å². The highest BCUT2D eigenvalue weighted by Crippen LogP contribution is 2.24. The molecule has 2 aromatic rings. The van der Waals surface area contributed by atoms with Crippen molar-refractivity contribution in [3.63, 3.8) is 0 Å². The Hall–Kier alpha value is -2.79. The SMILES string of the molecule is CN=C(NCc1ccc(OC)cc1OC)N1CCN(S(=O)(=O)Cc2ccon2)CC1. The van der Waals surface area contributed by atoms with E-state index in [1.807, 2.05) is 23.1 Å². The van der Waals surface area contributed by atoms with Crippen LogP contribution in [0.4, 0.5) is 0 Å². The number of guanidine groups is 1. The van der Waals surface area contributed by atoms with Gasteiger partial charge in [0.2, 0.25) is 10.0 Å². The second-order valence-electron chi connectivity index (χ2n) is 6.71. The molecule has 1 aliphatic heterocycles. The molecule has 0 atom stereocenters. The number of sulfonamides is 1. The Kier molecular flexibility index (Phi) is 7.16. The van der Waals surface area contributed by atoms with Crippen molar-refractivity contribution in [1.29, 1.82) is 0 Å². The fourth-order valence-electron chi connectivity index (χ4n) is 3.27. The van der Waals surface area contributed by atoms with Crippen LogP contribution >= 0.6 is 0 Å². The van der Waals surface area contributed by atoms with E-state index in [4.69, 9.17) is 14.0 Å². The third-order valence-corrected chi connectivity index (χ3v) is 6.71. The first-order valence-electron chi connectivity index (χ1n) is 9.50. The first kappa shape index (κ1) is 21.9. The minimum atomic E-state index is -3.44. The van der Waals surface area contributed by atoms with Gasteiger partial charge in [-0.2, -0.15) is 4.31 Å². The quantitative estimate of drug-likeness (QED) is 0.503. The summed E-state index contributed by atoms with van der Waals surface area (Å²) in [6.07, 6.45) is 1.37. The van der Waals surface area contributed by atoms with Gasteiger partial charge in [-0.15, -0.1) is 0 Å². The number of nitrogens with one attached hydrogen (secondary N) is 1. The maximum Gasteiger partial charge on any atom is 0.220 e. The van der Waals surface area contributed by atoms with Crippen molar-refractivity contribution in [2.75, 3.05) is 47.4 Å². The minimum Gasteiger partial charge on any atom is -0.497 e. The first-order chi connectivity index (χ1) is 14.5. The number of hydrogen-bond donors (Lipinski definition) is 1. The molecule has 0 aliphatic carbocycles. The average Bonchev–Trinajstić information content (AvgIpc) is 3.27. The van der Waals surface area contributed by atoms with Crippen LogP contribution in [-0.2, 0) is 22.3 Å². The molecule has 3 rings (SSSR count). The predicted molar refractivity (Wildman–Crippen MR) is 112 cm³/mol. The fraction of sp³-hybridized carbons (Fsp3) is 0.474. The lowest BCUT2D eigenvalue weighted by Gasteiger charge is -2.35. The maximum absolute atomic E-state index is 12.6. The lowest BCUT2D eigenvalue weighted by atomic mass is 10.2. The lowest BCUT2D eigenvalue weighted by molar-refractivity contribution is 0.259. The number of methoxy groups -OCH3 is 2. The van der Waals surface area contributed by atoms with E-state index in [0.717, 1.165) is 17.1 Å². The maximum atomic E-state index is 12.6. The van der Waals surface area contributed by atoms with Crippen molar-refractivity contribution in [3.8, 4) is 11.5 Å². The van der Waals surface area contributed by atoms with Gasteiger partial charge in [0.1, 0.15) is 23.5 Å². The standard InChI is InChI=1S/C19H27N5O5S/c1-20-19(21-13-15-4-5-17(27-2)12-18(15)28-3)23-7-9-24(10-8-23)30(25,26)14-16-6-11-29-22-16/h4-6,11-12H,7-10,13-14H2,1-3H3,(H,20,21). The van der Waals surface area contributed by atoms with Crippen LogP contribution in [0.25, 0.3) is 0 Å². The van der Waals surface area contributed by atoms with E-state index in [1.165, 1.54) is 10.6 Å². The molecule has 11 heteroatoms. The molecule has 0 spiro atoms. The van der Waals surface area contributed by atoms with E-state index in [0.29, 0.717) is 44.4 Å². The molecule has 0 saturated carbocycles. The smallest absolute Gasteiger partial charge is 0.220 e. The molecule has 1 aromatic heterocycles. The van der Waals surface area contributed by atoms with Crippen molar-refractivity contribution in [3.05, 3.63) is 41.8 Å². The third kappa shape index (κ3) is 5.22. The van der Waals surface area contributed by atoms with Crippen molar-refractivity contribution in [2.24, 2.45) is 4.99 Å². The number of aromatic nitrogens is 1. The van der Waals surface area contributed by atoms with Crippen molar-refractivity contribution >= 4 is 16.0 Å². The van der Waals surface area contributed by atoms with Crippen LogP contribution in [-0.4, -0.2) is 76.2 Å². The largest absolute Gasteiger partial charge is 0.497 e. The van der Waals surface area contributed by atoms with Gasteiger partial charge in [-0.05, 0) is 12.1 Å². The van der Waals surface area contributed by atoms with Crippen LogP contribution < -0.4 is 14.8 Å². The molecule has 10 nitrogen and oxygen atoms in total. The number of piperazine rings is 1. The zero-order valence-corrected chi connectivity index (χ0v) is 18.2. The molecule has 0 amide bonds. The summed E-state index contributed by atoms with van der Waals surface area (Å²) in [5, 5.41) is 7.01. The zero-order chi connectivity index (χ0) is 21.6. The minimum absolute atomic E-state index is 0.159. The van der Waals surface area contributed by atoms with Gasteiger partial charge in [-0.25, -0.2) is 8.42 Å². The Bertz CT molecular complexity index is 954. The number of rotatable bonds is 7. The number of nitrogens with zero attached hydrogens (tertiary/aromatic N) is 4. The normalized spacial score (nSPS) is 15.8. The number of benzene rings is 1. The summed E-state index contributed by atoms with van der Waals surface area (Å²) in [4.78, 5) is 6.38. The lowest BCUT2D eigenvalue weighted by Crippen LogP contribution is -2.53. The van der Waals surface area contributed by atoms with Crippen LogP contribution in [0, 0.1) is 0 Å². The topological polar surface area (TPSA) is 110 Å². The third-order valence-electron chi connectivity index (χ3n) is 4.90. The van der Waals surface area contributed by atoms with E-state index in [1.54, 1.807) is 27.3 Å². The van der Waals surface area contributed by atoms with Gasteiger partial charge in [-0.3, -0.25) is 4.99 Å². The summed E-state index contributed by atoms with van der Waals surface area (Å²) in [5.41, 5.74) is 1.37. The van der Waals surface area contributed by atoms with Crippen LogP contribution in [0.3, 0.4) is 0 Å². The van der Waals surface area contributed by atoms with Gasteiger partial charge >= 0.3 is 0 Å². The molecule has 1 fully saturated rings. The van der Waals surface area contributed by atoms with Crippen LogP contribution in [0.15, 0.2) is 40.0 Å². The molecule has 0 unspecified atom stereocenters. The van der Waals surface area contributed by atoms with E-state index < -0.39 is 10.0 Å². The van der Waals surface area contributed by atoms with Gasteiger partial charge in [0.05, 0.1) is 19.9 Å². The van der Waals surface area contributed by atoms with Crippen molar-refractivity contribution in [2.45, 2.75) is 12.3 Å². The summed E-state index contributed by atoms with van der Waals surface area (Å²) in [6.45, 7) is 2.36.